The SMILES string of the molecule is COCCN1CCN(Cc2coc(-c3cccc(Cl)c3)n2)CC1=O. The lowest BCUT2D eigenvalue weighted by molar-refractivity contribution is -0.136. The van der Waals surface area contributed by atoms with Crippen molar-refractivity contribution >= 4 is 17.5 Å². The quantitative estimate of drug-likeness (QED) is 0.800. The fourth-order valence-corrected chi connectivity index (χ4v) is 2.88. The summed E-state index contributed by atoms with van der Waals surface area (Å²) in [6, 6.07) is 7.39. The second-order valence-corrected chi connectivity index (χ2v) is 6.18. The summed E-state index contributed by atoms with van der Waals surface area (Å²) in [4.78, 5) is 20.5. The Labute approximate surface area is 146 Å². The van der Waals surface area contributed by atoms with Crippen LogP contribution in [0.3, 0.4) is 0 Å². The molecular formula is C17H20ClN3O3. The molecule has 1 saturated heterocycles. The molecule has 24 heavy (non-hydrogen) atoms. The number of benzene rings is 1. The van der Waals surface area contributed by atoms with Gasteiger partial charge < -0.3 is 14.1 Å². The lowest BCUT2D eigenvalue weighted by Gasteiger charge is -2.33. The zero-order valence-corrected chi connectivity index (χ0v) is 14.3. The Hall–Kier alpha value is -1.89. The standard InChI is InChI=1S/C17H20ClN3O3/c1-23-8-7-21-6-5-20(11-16(21)22)10-15-12-24-17(19-15)13-3-2-4-14(18)9-13/h2-4,9,12H,5-8,10-11H2,1H3. The van der Waals surface area contributed by atoms with Gasteiger partial charge in [-0.3, -0.25) is 9.69 Å². The second-order valence-electron chi connectivity index (χ2n) is 5.74. The van der Waals surface area contributed by atoms with Crippen molar-refractivity contribution in [3.05, 3.63) is 41.2 Å². The van der Waals surface area contributed by atoms with Gasteiger partial charge in [0.15, 0.2) is 0 Å². The largest absolute Gasteiger partial charge is 0.444 e. The van der Waals surface area contributed by atoms with Gasteiger partial charge in [-0.25, -0.2) is 4.98 Å². The first kappa shape index (κ1) is 17.0. The molecule has 1 aliphatic heterocycles. The number of amides is 1. The number of hydrogen-bond donors (Lipinski definition) is 0. The summed E-state index contributed by atoms with van der Waals surface area (Å²) in [5, 5.41) is 0.644. The predicted molar refractivity (Wildman–Crippen MR) is 90.7 cm³/mol. The molecule has 128 valence electrons. The molecule has 0 radical (unpaired) electrons. The van der Waals surface area contributed by atoms with E-state index in [4.69, 9.17) is 20.8 Å². The Kier molecular flexibility index (Phi) is 5.50. The van der Waals surface area contributed by atoms with Crippen molar-refractivity contribution in [2.75, 3.05) is 39.9 Å². The van der Waals surface area contributed by atoms with Crippen LogP contribution in [0.5, 0.6) is 0 Å². The van der Waals surface area contributed by atoms with Gasteiger partial charge in [0.1, 0.15) is 6.26 Å². The fourth-order valence-electron chi connectivity index (χ4n) is 2.69. The van der Waals surface area contributed by atoms with Crippen LogP contribution >= 0.6 is 11.6 Å². The van der Waals surface area contributed by atoms with Gasteiger partial charge in [0.2, 0.25) is 11.8 Å². The van der Waals surface area contributed by atoms with Crippen LogP contribution in [0.25, 0.3) is 11.5 Å². The average Bonchev–Trinajstić information content (AvgIpc) is 3.03. The van der Waals surface area contributed by atoms with Crippen LogP contribution < -0.4 is 0 Å². The van der Waals surface area contributed by atoms with Crippen molar-refractivity contribution in [3.63, 3.8) is 0 Å². The van der Waals surface area contributed by atoms with Gasteiger partial charge in [0.25, 0.3) is 0 Å². The Balaban J connectivity index is 1.59. The summed E-state index contributed by atoms with van der Waals surface area (Å²) in [6.45, 7) is 3.72. The molecule has 0 bridgehead atoms. The van der Waals surface area contributed by atoms with Gasteiger partial charge in [-0.05, 0) is 18.2 Å². The number of halogens is 1. The molecule has 1 amide bonds. The van der Waals surface area contributed by atoms with Gasteiger partial charge in [-0.2, -0.15) is 0 Å². The smallest absolute Gasteiger partial charge is 0.236 e. The van der Waals surface area contributed by atoms with Gasteiger partial charge in [-0.1, -0.05) is 17.7 Å². The maximum atomic E-state index is 12.1. The summed E-state index contributed by atoms with van der Waals surface area (Å²) in [5.74, 6) is 0.661. The number of oxazole rings is 1. The molecule has 1 aliphatic rings. The third-order valence-corrected chi connectivity index (χ3v) is 4.21. The maximum absolute atomic E-state index is 12.1. The summed E-state index contributed by atoms with van der Waals surface area (Å²) < 4.78 is 10.6. The lowest BCUT2D eigenvalue weighted by Crippen LogP contribution is -2.50. The van der Waals surface area contributed by atoms with Gasteiger partial charge >= 0.3 is 0 Å². The number of carbonyl (C=O) groups excluding carboxylic acids is 1. The van der Waals surface area contributed by atoms with Crippen molar-refractivity contribution < 1.29 is 13.9 Å². The molecule has 2 heterocycles. The van der Waals surface area contributed by atoms with Crippen molar-refractivity contribution in [1.29, 1.82) is 0 Å². The van der Waals surface area contributed by atoms with E-state index in [1.165, 1.54) is 0 Å². The second kappa shape index (κ2) is 7.79. The van der Waals surface area contributed by atoms with Crippen LogP contribution in [0.1, 0.15) is 5.69 Å². The lowest BCUT2D eigenvalue weighted by atomic mass is 10.2. The molecule has 0 atom stereocenters. The average molecular weight is 350 g/mol. The number of piperazine rings is 1. The molecule has 0 aliphatic carbocycles. The van der Waals surface area contributed by atoms with Crippen LogP contribution in [0.4, 0.5) is 0 Å². The van der Waals surface area contributed by atoms with Crippen LogP contribution in [-0.4, -0.2) is 60.6 Å². The van der Waals surface area contributed by atoms with Crippen molar-refractivity contribution in [2.24, 2.45) is 0 Å². The van der Waals surface area contributed by atoms with Crippen molar-refractivity contribution in [3.8, 4) is 11.5 Å². The van der Waals surface area contributed by atoms with E-state index >= 15 is 0 Å². The number of nitrogens with zero attached hydrogens (tertiary/aromatic N) is 3. The van der Waals surface area contributed by atoms with E-state index in [2.05, 4.69) is 9.88 Å². The molecule has 6 nitrogen and oxygen atoms in total. The number of aromatic nitrogens is 1. The van der Waals surface area contributed by atoms with E-state index in [1.54, 1.807) is 13.4 Å². The Morgan fingerprint density at radius 2 is 2.25 bits per heavy atom. The molecule has 1 aromatic heterocycles. The number of rotatable bonds is 6. The summed E-state index contributed by atoms with van der Waals surface area (Å²) in [5.41, 5.74) is 1.65. The first-order valence-electron chi connectivity index (χ1n) is 7.85. The molecule has 0 saturated carbocycles. The molecule has 0 N–H and O–H groups in total. The summed E-state index contributed by atoms with van der Waals surface area (Å²) in [6.07, 6.45) is 1.64. The normalized spacial score (nSPS) is 15.9. The molecule has 2 aromatic rings. The topological polar surface area (TPSA) is 58.8 Å². The molecular weight excluding hydrogens is 330 g/mol. The highest BCUT2D eigenvalue weighted by atomic mass is 35.5. The van der Waals surface area contributed by atoms with E-state index < -0.39 is 0 Å². The molecule has 0 unspecified atom stereocenters. The number of hydrogen-bond acceptors (Lipinski definition) is 5. The van der Waals surface area contributed by atoms with Crippen LogP contribution in [-0.2, 0) is 16.1 Å². The van der Waals surface area contributed by atoms with Gasteiger partial charge in [0, 0.05) is 43.9 Å². The third kappa shape index (κ3) is 4.14. The zero-order valence-electron chi connectivity index (χ0n) is 13.6. The highest BCUT2D eigenvalue weighted by molar-refractivity contribution is 6.30. The molecule has 1 fully saturated rings. The van der Waals surface area contributed by atoms with Crippen molar-refractivity contribution in [1.82, 2.24) is 14.8 Å². The molecule has 3 rings (SSSR count). The fraction of sp³-hybridized carbons (Fsp3) is 0.412. The minimum atomic E-state index is 0.122. The van der Waals surface area contributed by atoms with Crippen LogP contribution in [0, 0.1) is 0 Å². The van der Waals surface area contributed by atoms with Gasteiger partial charge in [-0.15, -0.1) is 0 Å². The molecule has 0 spiro atoms. The van der Waals surface area contributed by atoms with Crippen molar-refractivity contribution in [2.45, 2.75) is 6.54 Å². The highest BCUT2D eigenvalue weighted by Gasteiger charge is 2.24. The monoisotopic (exact) mass is 349 g/mol. The van der Waals surface area contributed by atoms with E-state index in [-0.39, 0.29) is 5.91 Å². The number of ether oxygens (including phenoxy) is 1. The maximum Gasteiger partial charge on any atom is 0.236 e. The number of carbonyl (C=O) groups is 1. The Morgan fingerprint density at radius 3 is 3.00 bits per heavy atom. The first-order valence-corrected chi connectivity index (χ1v) is 8.23. The molecule has 7 heteroatoms. The van der Waals surface area contributed by atoms with E-state index in [1.807, 2.05) is 29.2 Å². The first-order chi connectivity index (χ1) is 11.7. The molecule has 1 aromatic carbocycles. The predicted octanol–water partition coefficient (Wildman–Crippen LogP) is 2.29. The zero-order chi connectivity index (χ0) is 16.9. The summed E-state index contributed by atoms with van der Waals surface area (Å²) >= 11 is 5.99. The Bertz CT molecular complexity index is 704. The number of methoxy groups -OCH3 is 1. The van der Waals surface area contributed by atoms with Crippen LogP contribution in [0.2, 0.25) is 5.02 Å². The third-order valence-electron chi connectivity index (χ3n) is 3.97. The minimum Gasteiger partial charge on any atom is -0.444 e. The summed E-state index contributed by atoms with van der Waals surface area (Å²) in [7, 11) is 1.64. The van der Waals surface area contributed by atoms with E-state index in [9.17, 15) is 4.79 Å². The highest BCUT2D eigenvalue weighted by Crippen LogP contribution is 2.22. The Morgan fingerprint density at radius 1 is 1.38 bits per heavy atom. The minimum absolute atomic E-state index is 0.122. The van der Waals surface area contributed by atoms with Crippen LogP contribution in [0.15, 0.2) is 34.9 Å². The van der Waals surface area contributed by atoms with E-state index in [0.717, 1.165) is 17.8 Å². The van der Waals surface area contributed by atoms with E-state index in [0.29, 0.717) is 43.7 Å². The van der Waals surface area contributed by atoms with Gasteiger partial charge in [0.05, 0.1) is 18.8 Å².